The lowest BCUT2D eigenvalue weighted by molar-refractivity contribution is 0.0590. The molecule has 0 spiro atoms. The normalized spacial score (nSPS) is 8.93. The van der Waals surface area contributed by atoms with Gasteiger partial charge in [-0.25, -0.2) is 4.79 Å². The SMILES string of the molecule is O=C(OCI)c1ccc(N=C=S)cc1. The first-order chi connectivity index (χ1) is 6.77. The molecule has 0 fully saturated rings. The van der Waals surface area contributed by atoms with E-state index in [0.717, 1.165) is 0 Å². The van der Waals surface area contributed by atoms with Crippen molar-refractivity contribution < 1.29 is 9.53 Å². The van der Waals surface area contributed by atoms with Gasteiger partial charge >= 0.3 is 5.97 Å². The van der Waals surface area contributed by atoms with Crippen molar-refractivity contribution in [1.29, 1.82) is 0 Å². The van der Waals surface area contributed by atoms with Crippen LogP contribution in [0.1, 0.15) is 10.4 Å². The molecule has 0 saturated heterocycles. The number of benzene rings is 1. The smallest absolute Gasteiger partial charge is 0.338 e. The lowest BCUT2D eigenvalue weighted by Crippen LogP contribution is -2.02. The van der Waals surface area contributed by atoms with Crippen LogP contribution in [0.4, 0.5) is 5.69 Å². The molecule has 5 heteroatoms. The number of rotatable bonds is 3. The summed E-state index contributed by atoms with van der Waals surface area (Å²) in [6, 6.07) is 6.65. The molecular weight excluding hydrogens is 313 g/mol. The van der Waals surface area contributed by atoms with Crippen molar-refractivity contribution >= 4 is 51.6 Å². The van der Waals surface area contributed by atoms with Gasteiger partial charge in [-0.2, -0.15) is 4.99 Å². The third-order valence-corrected chi connectivity index (χ3v) is 1.87. The molecule has 0 atom stereocenters. The van der Waals surface area contributed by atoms with Crippen molar-refractivity contribution in [3.05, 3.63) is 29.8 Å². The van der Waals surface area contributed by atoms with Crippen molar-refractivity contribution in [2.45, 2.75) is 0 Å². The molecule has 0 heterocycles. The number of esters is 1. The van der Waals surface area contributed by atoms with Crippen LogP contribution in [-0.4, -0.2) is 15.7 Å². The predicted molar refractivity (Wildman–Crippen MR) is 65.4 cm³/mol. The molecule has 0 aliphatic carbocycles. The molecule has 1 aromatic rings. The molecule has 0 saturated carbocycles. The summed E-state index contributed by atoms with van der Waals surface area (Å²) in [5.41, 5.74) is 1.18. The Morgan fingerprint density at radius 2 is 2.14 bits per heavy atom. The van der Waals surface area contributed by atoms with Crippen LogP contribution < -0.4 is 0 Å². The van der Waals surface area contributed by atoms with E-state index in [1.807, 2.05) is 22.6 Å². The van der Waals surface area contributed by atoms with Crippen molar-refractivity contribution in [2.75, 3.05) is 4.61 Å². The van der Waals surface area contributed by atoms with Gasteiger partial charge in [0.05, 0.1) is 16.4 Å². The van der Waals surface area contributed by atoms with Crippen LogP contribution in [0.15, 0.2) is 29.3 Å². The summed E-state index contributed by atoms with van der Waals surface area (Å²) in [5.74, 6) is -0.336. The highest BCUT2D eigenvalue weighted by atomic mass is 127. The predicted octanol–water partition coefficient (Wildman–Crippen LogP) is 2.97. The van der Waals surface area contributed by atoms with Crippen molar-refractivity contribution in [1.82, 2.24) is 0 Å². The fraction of sp³-hybridized carbons (Fsp3) is 0.111. The van der Waals surface area contributed by atoms with E-state index in [1.165, 1.54) is 0 Å². The van der Waals surface area contributed by atoms with Crippen LogP contribution >= 0.6 is 34.8 Å². The van der Waals surface area contributed by atoms with Gasteiger partial charge in [-0.15, -0.1) is 0 Å². The van der Waals surface area contributed by atoms with Crippen LogP contribution in [0, 0.1) is 0 Å². The van der Waals surface area contributed by atoms with Gasteiger partial charge in [-0.3, -0.25) is 0 Å². The van der Waals surface area contributed by atoms with Crippen molar-refractivity contribution in [3.8, 4) is 0 Å². The Balaban J connectivity index is 2.82. The Hall–Kier alpha value is -0.780. The van der Waals surface area contributed by atoms with Gasteiger partial charge in [0, 0.05) is 0 Å². The molecule has 0 aliphatic heterocycles. The second kappa shape index (κ2) is 5.85. The number of hydrogen-bond acceptors (Lipinski definition) is 4. The number of carbonyl (C=O) groups is 1. The fourth-order valence-electron chi connectivity index (χ4n) is 0.858. The molecule has 1 aromatic carbocycles. The Morgan fingerprint density at radius 1 is 1.50 bits per heavy atom. The summed E-state index contributed by atoms with van der Waals surface area (Å²) in [5, 5.41) is 2.25. The first-order valence-electron chi connectivity index (χ1n) is 3.69. The second-order valence-corrected chi connectivity index (χ2v) is 3.10. The topological polar surface area (TPSA) is 38.7 Å². The van der Waals surface area contributed by atoms with Gasteiger partial charge in [0.1, 0.15) is 4.61 Å². The minimum absolute atomic E-state index is 0.336. The van der Waals surface area contributed by atoms with Gasteiger partial charge in [0.15, 0.2) is 0 Å². The summed E-state index contributed by atoms with van der Waals surface area (Å²) in [4.78, 5) is 15.0. The average Bonchev–Trinajstić information content (AvgIpc) is 2.20. The van der Waals surface area contributed by atoms with Crippen molar-refractivity contribution in [3.63, 3.8) is 0 Å². The van der Waals surface area contributed by atoms with Gasteiger partial charge < -0.3 is 4.74 Å². The molecular formula is C9H6INO2S. The molecule has 3 nitrogen and oxygen atoms in total. The molecule has 0 aromatic heterocycles. The van der Waals surface area contributed by atoms with E-state index in [4.69, 9.17) is 4.74 Å². The highest BCUT2D eigenvalue weighted by Crippen LogP contribution is 2.13. The molecule has 72 valence electrons. The number of aliphatic imine (C=N–C) groups is 1. The highest BCUT2D eigenvalue weighted by molar-refractivity contribution is 14.1. The Morgan fingerprint density at radius 3 is 2.64 bits per heavy atom. The number of nitrogens with zero attached hydrogens (tertiary/aromatic N) is 1. The Kier molecular flexibility index (Phi) is 4.72. The van der Waals surface area contributed by atoms with Crippen LogP contribution in [0.25, 0.3) is 0 Å². The zero-order valence-corrected chi connectivity index (χ0v) is 10.0. The molecule has 0 unspecified atom stereocenters. The highest BCUT2D eigenvalue weighted by Gasteiger charge is 2.04. The van der Waals surface area contributed by atoms with E-state index < -0.39 is 0 Å². The Bertz CT molecular complexity index is 371. The molecule has 0 N–H and O–H groups in total. The number of hydrogen-bond donors (Lipinski definition) is 0. The maximum Gasteiger partial charge on any atom is 0.338 e. The summed E-state index contributed by atoms with van der Waals surface area (Å²) >= 11 is 6.41. The van der Waals surface area contributed by atoms with Gasteiger partial charge in [0.25, 0.3) is 0 Å². The van der Waals surface area contributed by atoms with E-state index in [-0.39, 0.29) is 5.97 Å². The molecule has 0 radical (unpaired) electrons. The van der Waals surface area contributed by atoms with E-state index >= 15 is 0 Å². The maximum absolute atomic E-state index is 11.2. The summed E-state index contributed by atoms with van der Waals surface area (Å²) in [6.45, 7) is 0. The number of carbonyl (C=O) groups excluding carboxylic acids is 1. The zero-order chi connectivity index (χ0) is 10.4. The lowest BCUT2D eigenvalue weighted by Gasteiger charge is -1.99. The maximum atomic E-state index is 11.2. The van der Waals surface area contributed by atoms with E-state index in [2.05, 4.69) is 22.4 Å². The summed E-state index contributed by atoms with van der Waals surface area (Å²) < 4.78 is 5.15. The van der Waals surface area contributed by atoms with E-state index in [1.54, 1.807) is 24.3 Å². The monoisotopic (exact) mass is 319 g/mol. The number of alkyl halides is 1. The fourth-order valence-corrected chi connectivity index (χ4v) is 1.25. The number of halogens is 1. The minimum atomic E-state index is -0.336. The van der Waals surface area contributed by atoms with Crippen molar-refractivity contribution in [2.24, 2.45) is 4.99 Å². The third kappa shape index (κ3) is 3.17. The first-order valence-corrected chi connectivity index (χ1v) is 5.62. The number of isothiocyanates is 1. The molecule has 14 heavy (non-hydrogen) atoms. The van der Waals surface area contributed by atoms with E-state index in [9.17, 15) is 4.79 Å². The average molecular weight is 319 g/mol. The van der Waals surface area contributed by atoms with Crippen LogP contribution in [0.2, 0.25) is 0 Å². The van der Waals surface area contributed by atoms with Gasteiger partial charge in [-0.1, -0.05) is 0 Å². The summed E-state index contributed by atoms with van der Waals surface area (Å²) in [6.07, 6.45) is 0. The minimum Gasteiger partial charge on any atom is -0.451 e. The number of thiocarbonyl (C=S) groups is 1. The van der Waals surface area contributed by atoms with Crippen LogP contribution in [0.3, 0.4) is 0 Å². The van der Waals surface area contributed by atoms with Gasteiger partial charge in [-0.05, 0) is 59.1 Å². The van der Waals surface area contributed by atoms with E-state index in [0.29, 0.717) is 15.9 Å². The largest absolute Gasteiger partial charge is 0.451 e. The Labute approximate surface area is 100 Å². The standard InChI is InChI=1S/C9H6INO2S/c10-5-13-9(12)7-1-3-8(4-2-7)11-6-14/h1-4H,5H2. The molecule has 0 bridgehead atoms. The van der Waals surface area contributed by atoms with Crippen LogP contribution in [0.5, 0.6) is 0 Å². The molecule has 0 aliphatic rings. The number of ether oxygens (including phenoxy) is 1. The first kappa shape index (κ1) is 11.3. The quantitative estimate of drug-likeness (QED) is 0.283. The second-order valence-electron chi connectivity index (χ2n) is 2.29. The van der Waals surface area contributed by atoms with Gasteiger partial charge in [0.2, 0.25) is 0 Å². The molecule has 1 rings (SSSR count). The molecule has 0 amide bonds. The zero-order valence-electron chi connectivity index (χ0n) is 7.07. The lowest BCUT2D eigenvalue weighted by atomic mass is 10.2. The third-order valence-electron chi connectivity index (χ3n) is 1.46. The summed E-state index contributed by atoms with van der Waals surface area (Å²) in [7, 11) is 0. The van der Waals surface area contributed by atoms with Crippen LogP contribution in [-0.2, 0) is 4.74 Å².